The minimum atomic E-state index is 0.0159. The number of carbonyl (C=O) groups is 2. The lowest BCUT2D eigenvalue weighted by Gasteiger charge is -2.24. The van der Waals surface area contributed by atoms with Crippen LogP contribution >= 0.6 is 0 Å². The minimum absolute atomic E-state index is 0.0159. The van der Waals surface area contributed by atoms with Crippen LogP contribution in [0, 0.1) is 0 Å². The van der Waals surface area contributed by atoms with E-state index in [0.717, 1.165) is 63.2 Å². The normalized spacial score (nSPS) is 14.7. The highest BCUT2D eigenvalue weighted by molar-refractivity contribution is 6.08. The maximum atomic E-state index is 13.0. The van der Waals surface area contributed by atoms with Crippen molar-refractivity contribution in [3.63, 3.8) is 0 Å². The van der Waals surface area contributed by atoms with E-state index in [9.17, 15) is 9.59 Å². The zero-order valence-corrected chi connectivity index (χ0v) is 21.9. The van der Waals surface area contributed by atoms with E-state index >= 15 is 0 Å². The summed E-state index contributed by atoms with van der Waals surface area (Å²) in [5.74, 6) is 0.117. The van der Waals surface area contributed by atoms with Crippen LogP contribution in [0.25, 0.3) is 33.3 Å². The maximum Gasteiger partial charge on any atom is 0.270 e. The van der Waals surface area contributed by atoms with Crippen molar-refractivity contribution in [3.8, 4) is 22.3 Å². The summed E-state index contributed by atoms with van der Waals surface area (Å²) in [6.07, 6.45) is 6.85. The van der Waals surface area contributed by atoms with Crippen LogP contribution in [0.4, 0.5) is 11.4 Å². The van der Waals surface area contributed by atoms with E-state index in [1.54, 1.807) is 11.1 Å². The Morgan fingerprint density at radius 2 is 1.72 bits per heavy atom. The number of fused-ring (bicyclic) bond motifs is 4. The second-order valence-corrected chi connectivity index (χ2v) is 10.2. The number of amides is 2. The van der Waals surface area contributed by atoms with Gasteiger partial charge in [0.1, 0.15) is 11.3 Å². The summed E-state index contributed by atoms with van der Waals surface area (Å²) in [6, 6.07) is 20.3. The first kappa shape index (κ1) is 23.3. The molecule has 2 aliphatic heterocycles. The van der Waals surface area contributed by atoms with Crippen LogP contribution in [-0.2, 0) is 24.2 Å². The molecule has 0 atom stereocenters. The van der Waals surface area contributed by atoms with E-state index < -0.39 is 0 Å². The Balaban J connectivity index is 1.24. The molecule has 5 heterocycles. The Bertz CT molecular complexity index is 1790. The van der Waals surface area contributed by atoms with Crippen molar-refractivity contribution in [2.45, 2.75) is 26.3 Å². The van der Waals surface area contributed by atoms with Crippen molar-refractivity contribution in [1.29, 1.82) is 0 Å². The Hall–Kier alpha value is -4.78. The second kappa shape index (κ2) is 8.91. The van der Waals surface area contributed by atoms with Gasteiger partial charge in [-0.15, -0.1) is 0 Å². The Kier molecular flexibility index (Phi) is 5.33. The lowest BCUT2D eigenvalue weighted by Crippen LogP contribution is -2.36. The number of nitrogens with zero attached hydrogens (tertiary/aromatic N) is 5. The number of aromatic nitrogens is 3. The fourth-order valence-electron chi connectivity index (χ4n) is 5.91. The third kappa shape index (κ3) is 3.65. The molecule has 39 heavy (non-hydrogen) atoms. The highest BCUT2D eigenvalue weighted by atomic mass is 16.2. The molecule has 5 aromatic rings. The third-order valence-electron chi connectivity index (χ3n) is 7.98. The van der Waals surface area contributed by atoms with Gasteiger partial charge in [-0.2, -0.15) is 0 Å². The number of carbonyl (C=O) groups excluding carboxylic acids is 2. The summed E-state index contributed by atoms with van der Waals surface area (Å²) in [4.78, 5) is 38.4. The van der Waals surface area contributed by atoms with Gasteiger partial charge in [0.15, 0.2) is 0 Å². The Morgan fingerprint density at radius 1 is 0.897 bits per heavy atom. The fourth-order valence-corrected chi connectivity index (χ4v) is 5.91. The van der Waals surface area contributed by atoms with E-state index in [-0.39, 0.29) is 11.8 Å². The summed E-state index contributed by atoms with van der Waals surface area (Å²) in [5, 5.41) is 0.947. The third-order valence-corrected chi connectivity index (χ3v) is 7.98. The first-order valence-corrected chi connectivity index (χ1v) is 13.3. The zero-order valence-electron chi connectivity index (χ0n) is 21.9. The number of benzene rings is 2. The number of aryl methyl sites for hydroxylation is 1. The molecule has 2 aromatic carbocycles. The van der Waals surface area contributed by atoms with Crippen LogP contribution in [0.3, 0.4) is 0 Å². The quantitative estimate of drug-likeness (QED) is 0.312. The first-order chi connectivity index (χ1) is 19.0. The van der Waals surface area contributed by atoms with Crippen molar-refractivity contribution in [3.05, 3.63) is 96.1 Å². The van der Waals surface area contributed by atoms with E-state index in [4.69, 9.17) is 0 Å². The van der Waals surface area contributed by atoms with Gasteiger partial charge in [0.2, 0.25) is 5.91 Å². The van der Waals surface area contributed by atoms with Gasteiger partial charge in [-0.1, -0.05) is 31.2 Å². The molecule has 0 saturated heterocycles. The molecular formula is C32H27N5O2. The fraction of sp³-hybridized carbons (Fsp3) is 0.188. The van der Waals surface area contributed by atoms with Gasteiger partial charge in [0.25, 0.3) is 5.91 Å². The van der Waals surface area contributed by atoms with E-state index in [0.29, 0.717) is 18.7 Å². The predicted octanol–water partition coefficient (Wildman–Crippen LogP) is 5.63. The largest absolute Gasteiger partial charge is 0.339 e. The van der Waals surface area contributed by atoms with Crippen molar-refractivity contribution in [2.75, 3.05) is 18.5 Å². The monoisotopic (exact) mass is 513 g/mol. The summed E-state index contributed by atoms with van der Waals surface area (Å²) in [7, 11) is 1.83. The molecule has 3 aromatic heterocycles. The average molecular weight is 514 g/mol. The summed E-state index contributed by atoms with van der Waals surface area (Å²) in [5.41, 5.74) is 9.65. The molecule has 2 amide bonds. The second-order valence-electron chi connectivity index (χ2n) is 10.2. The van der Waals surface area contributed by atoms with Gasteiger partial charge in [0.05, 0.1) is 12.1 Å². The average Bonchev–Trinajstić information content (AvgIpc) is 3.52. The molecular weight excluding hydrogens is 486 g/mol. The number of pyridine rings is 2. The molecule has 0 aliphatic carbocycles. The lowest BCUT2D eigenvalue weighted by atomic mass is 10.0. The van der Waals surface area contributed by atoms with Crippen LogP contribution in [0.2, 0.25) is 0 Å². The number of hydrogen-bond acceptors (Lipinski definition) is 4. The summed E-state index contributed by atoms with van der Waals surface area (Å²) >= 11 is 0. The standard InChI is InChI=1S/C32H27N5O2/c1-3-20-5-4-6-28-26(20)17-30(38)37(28)24-9-7-21(8-10-24)22-15-23(19-33-18-22)25-11-12-34-31-27(25)16-29-32(39)35(2)13-14-36(29)31/h4-12,15-16,18-19H,3,13-14,17H2,1-2H3. The van der Waals surface area contributed by atoms with Crippen molar-refractivity contribution in [1.82, 2.24) is 19.4 Å². The van der Waals surface area contributed by atoms with E-state index in [1.165, 1.54) is 5.56 Å². The van der Waals surface area contributed by atoms with Gasteiger partial charge in [0, 0.05) is 60.9 Å². The molecule has 192 valence electrons. The molecule has 0 saturated carbocycles. The van der Waals surface area contributed by atoms with Crippen LogP contribution in [0.15, 0.2) is 79.3 Å². The van der Waals surface area contributed by atoms with Crippen molar-refractivity contribution >= 4 is 34.2 Å². The van der Waals surface area contributed by atoms with Crippen LogP contribution in [0.1, 0.15) is 28.5 Å². The SMILES string of the molecule is CCc1cccc2c1CC(=O)N2c1ccc(-c2cncc(-c3ccnc4c3cc3n4CCN(C)C3=O)c2)cc1. The molecule has 7 rings (SSSR count). The minimum Gasteiger partial charge on any atom is -0.339 e. The lowest BCUT2D eigenvalue weighted by molar-refractivity contribution is -0.116. The van der Waals surface area contributed by atoms with Gasteiger partial charge in [-0.05, 0) is 65.1 Å². The number of anilines is 2. The van der Waals surface area contributed by atoms with Crippen LogP contribution in [0.5, 0.6) is 0 Å². The first-order valence-electron chi connectivity index (χ1n) is 13.3. The number of hydrogen-bond donors (Lipinski definition) is 0. The smallest absolute Gasteiger partial charge is 0.270 e. The summed E-state index contributed by atoms with van der Waals surface area (Å²) in [6.45, 7) is 3.52. The van der Waals surface area contributed by atoms with Crippen LogP contribution < -0.4 is 4.90 Å². The molecule has 2 aliphatic rings. The summed E-state index contributed by atoms with van der Waals surface area (Å²) < 4.78 is 2.01. The van der Waals surface area contributed by atoms with Gasteiger partial charge < -0.3 is 9.47 Å². The molecule has 7 heteroatoms. The number of likely N-dealkylation sites (N-methyl/N-ethyl adjacent to an activating group) is 1. The Morgan fingerprint density at radius 3 is 2.54 bits per heavy atom. The van der Waals surface area contributed by atoms with Gasteiger partial charge in [-0.3, -0.25) is 19.5 Å². The zero-order chi connectivity index (χ0) is 26.7. The van der Waals surface area contributed by atoms with Crippen LogP contribution in [-0.4, -0.2) is 44.8 Å². The molecule has 0 N–H and O–H groups in total. The van der Waals surface area contributed by atoms with E-state index in [1.807, 2.05) is 77.4 Å². The Labute approximate surface area is 226 Å². The maximum absolute atomic E-state index is 13.0. The molecule has 0 fully saturated rings. The number of rotatable bonds is 4. The highest BCUT2D eigenvalue weighted by Crippen LogP contribution is 2.38. The molecule has 0 radical (unpaired) electrons. The van der Waals surface area contributed by atoms with E-state index in [2.05, 4.69) is 29.0 Å². The highest BCUT2D eigenvalue weighted by Gasteiger charge is 2.30. The van der Waals surface area contributed by atoms with Gasteiger partial charge in [-0.25, -0.2) is 4.98 Å². The topological polar surface area (TPSA) is 71.3 Å². The van der Waals surface area contributed by atoms with Gasteiger partial charge >= 0.3 is 0 Å². The van der Waals surface area contributed by atoms with Crippen molar-refractivity contribution < 1.29 is 9.59 Å². The molecule has 0 bridgehead atoms. The predicted molar refractivity (Wildman–Crippen MR) is 152 cm³/mol. The molecule has 7 nitrogen and oxygen atoms in total. The molecule has 0 spiro atoms. The molecule has 0 unspecified atom stereocenters. The van der Waals surface area contributed by atoms with Crippen molar-refractivity contribution in [2.24, 2.45) is 0 Å².